The summed E-state index contributed by atoms with van der Waals surface area (Å²) < 4.78 is 1.75. The summed E-state index contributed by atoms with van der Waals surface area (Å²) in [6.07, 6.45) is 8.96. The van der Waals surface area contributed by atoms with Gasteiger partial charge in [0.1, 0.15) is 0 Å². The fraction of sp³-hybridized carbons (Fsp3) is 0.556. The predicted molar refractivity (Wildman–Crippen MR) is 169 cm³/mol. The molecular formula is C36H49N3O2. The summed E-state index contributed by atoms with van der Waals surface area (Å²) in [6.45, 7) is 9.09. The van der Waals surface area contributed by atoms with Crippen LogP contribution in [-0.2, 0) is 18.4 Å². The topological polar surface area (TPSA) is 45.5 Å². The Bertz CT molecular complexity index is 1330. The minimum atomic E-state index is -0.000124. The molecule has 3 aromatic rings. The van der Waals surface area contributed by atoms with Crippen LogP contribution in [0.2, 0.25) is 0 Å². The van der Waals surface area contributed by atoms with E-state index in [2.05, 4.69) is 60.0 Å². The molecule has 5 nitrogen and oxygen atoms in total. The van der Waals surface area contributed by atoms with Crippen LogP contribution in [0.5, 0.6) is 0 Å². The van der Waals surface area contributed by atoms with E-state index >= 15 is 0 Å². The van der Waals surface area contributed by atoms with Crippen molar-refractivity contribution in [3.63, 3.8) is 0 Å². The number of aryl methyl sites for hydroxylation is 1. The number of nitrogens with zero attached hydrogens (tertiary/aromatic N) is 3. The maximum absolute atomic E-state index is 14.2. The highest BCUT2D eigenvalue weighted by Crippen LogP contribution is 2.35. The van der Waals surface area contributed by atoms with E-state index in [1.165, 1.54) is 24.9 Å². The number of fused-ring (bicyclic) bond motifs is 1. The molecule has 0 N–H and O–H groups in total. The van der Waals surface area contributed by atoms with Gasteiger partial charge in [-0.25, -0.2) is 0 Å². The van der Waals surface area contributed by atoms with E-state index in [9.17, 15) is 9.59 Å². The van der Waals surface area contributed by atoms with E-state index < -0.39 is 0 Å². The van der Waals surface area contributed by atoms with Gasteiger partial charge in [0.15, 0.2) is 0 Å². The Morgan fingerprint density at radius 1 is 0.927 bits per heavy atom. The zero-order valence-corrected chi connectivity index (χ0v) is 25.4. The number of benzene rings is 2. The van der Waals surface area contributed by atoms with E-state index in [4.69, 9.17) is 0 Å². The SMILES string of the molecule is CC(C)CCN1CCC(C(CN(Cc2cc3ccccc3n(C)c2=O)C(=O)C2CCCCC2)c2ccccc2)CC1. The molecule has 0 radical (unpaired) electrons. The molecule has 1 aliphatic heterocycles. The highest BCUT2D eigenvalue weighted by Gasteiger charge is 2.33. The highest BCUT2D eigenvalue weighted by atomic mass is 16.2. The third-order valence-electron chi connectivity index (χ3n) is 9.70. The monoisotopic (exact) mass is 555 g/mol. The standard InChI is InChI=1S/C36H49N3O2/c1-27(2)18-21-38-22-19-29(20-23-38)33(28-12-6-4-7-13-28)26-39(36(41)30-14-8-5-9-15-30)25-32-24-31-16-10-11-17-34(31)37(3)35(32)40/h4,6-7,10-13,16-17,24,27,29-30,33H,5,8-9,14-15,18-23,25-26H2,1-3H3. The number of aromatic nitrogens is 1. The molecule has 5 rings (SSSR count). The fourth-order valence-corrected chi connectivity index (χ4v) is 7.13. The molecule has 1 atom stereocenters. The Morgan fingerprint density at radius 3 is 2.32 bits per heavy atom. The lowest BCUT2D eigenvalue weighted by Crippen LogP contribution is -2.43. The van der Waals surface area contributed by atoms with E-state index in [-0.39, 0.29) is 23.3 Å². The van der Waals surface area contributed by atoms with Gasteiger partial charge in [0.2, 0.25) is 5.91 Å². The van der Waals surface area contributed by atoms with Gasteiger partial charge in [-0.15, -0.1) is 0 Å². The van der Waals surface area contributed by atoms with Crippen LogP contribution >= 0.6 is 0 Å². The molecular weight excluding hydrogens is 506 g/mol. The first-order chi connectivity index (χ1) is 19.9. The minimum Gasteiger partial charge on any atom is -0.337 e. The zero-order valence-electron chi connectivity index (χ0n) is 25.4. The largest absolute Gasteiger partial charge is 0.337 e. The molecule has 1 unspecified atom stereocenters. The number of carbonyl (C=O) groups is 1. The number of likely N-dealkylation sites (tertiary alicyclic amines) is 1. The lowest BCUT2D eigenvalue weighted by molar-refractivity contribution is -0.137. The van der Waals surface area contributed by atoms with Crippen molar-refractivity contribution >= 4 is 16.8 Å². The quantitative estimate of drug-likeness (QED) is 0.271. The minimum absolute atomic E-state index is 0.000124. The van der Waals surface area contributed by atoms with Gasteiger partial charge in [-0.2, -0.15) is 0 Å². The first kappa shape index (κ1) is 29.6. The summed E-state index contributed by atoms with van der Waals surface area (Å²) in [7, 11) is 1.85. The van der Waals surface area contributed by atoms with Crippen molar-refractivity contribution in [2.24, 2.45) is 24.8 Å². The van der Waals surface area contributed by atoms with E-state index in [0.29, 0.717) is 24.6 Å². The average Bonchev–Trinajstić information content (AvgIpc) is 3.01. The van der Waals surface area contributed by atoms with Gasteiger partial charge in [-0.1, -0.05) is 81.6 Å². The number of pyridine rings is 1. The number of para-hydroxylation sites is 1. The number of carbonyl (C=O) groups excluding carboxylic acids is 1. The number of amides is 1. The van der Waals surface area contributed by atoms with Crippen molar-refractivity contribution in [3.05, 3.63) is 82.1 Å². The zero-order chi connectivity index (χ0) is 28.8. The summed E-state index contributed by atoms with van der Waals surface area (Å²) in [5, 5.41) is 1.04. The molecule has 1 amide bonds. The molecule has 0 spiro atoms. The third-order valence-corrected chi connectivity index (χ3v) is 9.70. The summed E-state index contributed by atoms with van der Waals surface area (Å²) in [5.74, 6) is 1.83. The summed E-state index contributed by atoms with van der Waals surface area (Å²) in [4.78, 5) is 32.5. The van der Waals surface area contributed by atoms with Crippen molar-refractivity contribution in [1.82, 2.24) is 14.4 Å². The van der Waals surface area contributed by atoms with Crippen LogP contribution < -0.4 is 5.56 Å². The maximum Gasteiger partial charge on any atom is 0.255 e. The second-order valence-electron chi connectivity index (χ2n) is 13.0. The number of piperidine rings is 1. The van der Waals surface area contributed by atoms with Gasteiger partial charge in [0.25, 0.3) is 5.56 Å². The molecule has 1 saturated heterocycles. The molecule has 1 aromatic heterocycles. The lowest BCUT2D eigenvalue weighted by atomic mass is 9.79. The Hall–Kier alpha value is -2.92. The van der Waals surface area contributed by atoms with E-state index in [0.717, 1.165) is 68.4 Å². The number of hydrogen-bond donors (Lipinski definition) is 0. The molecule has 41 heavy (non-hydrogen) atoms. The van der Waals surface area contributed by atoms with Crippen molar-refractivity contribution in [2.45, 2.75) is 77.7 Å². The van der Waals surface area contributed by atoms with E-state index in [1.54, 1.807) is 4.57 Å². The van der Waals surface area contributed by atoms with Gasteiger partial charge in [0.05, 0.1) is 12.1 Å². The number of rotatable bonds is 10. The van der Waals surface area contributed by atoms with Crippen molar-refractivity contribution in [2.75, 3.05) is 26.2 Å². The van der Waals surface area contributed by atoms with Crippen LogP contribution in [0.25, 0.3) is 10.9 Å². The molecule has 1 saturated carbocycles. The molecule has 5 heteroatoms. The third kappa shape index (κ3) is 7.30. The van der Waals surface area contributed by atoms with Gasteiger partial charge in [-0.3, -0.25) is 9.59 Å². The summed E-state index contributed by atoms with van der Waals surface area (Å²) in [6, 6.07) is 20.9. The van der Waals surface area contributed by atoms with Gasteiger partial charge < -0.3 is 14.4 Å². The molecule has 0 bridgehead atoms. The van der Waals surface area contributed by atoms with Crippen LogP contribution in [0, 0.1) is 17.8 Å². The molecule has 2 fully saturated rings. The second-order valence-corrected chi connectivity index (χ2v) is 13.0. The molecule has 2 aromatic carbocycles. The van der Waals surface area contributed by atoms with Gasteiger partial charge in [0, 0.05) is 31.0 Å². The Balaban J connectivity index is 1.43. The smallest absolute Gasteiger partial charge is 0.255 e. The summed E-state index contributed by atoms with van der Waals surface area (Å²) >= 11 is 0. The first-order valence-electron chi connectivity index (χ1n) is 16.0. The predicted octanol–water partition coefficient (Wildman–Crippen LogP) is 6.99. The van der Waals surface area contributed by atoms with Crippen LogP contribution in [0.3, 0.4) is 0 Å². The molecule has 1 aliphatic carbocycles. The van der Waals surface area contributed by atoms with Gasteiger partial charge >= 0.3 is 0 Å². The lowest BCUT2D eigenvalue weighted by Gasteiger charge is -2.39. The highest BCUT2D eigenvalue weighted by molar-refractivity contribution is 5.81. The molecule has 220 valence electrons. The second kappa shape index (κ2) is 13.8. The molecule has 2 aliphatic rings. The van der Waals surface area contributed by atoms with Gasteiger partial charge in [-0.05, 0) is 86.7 Å². The number of hydrogen-bond acceptors (Lipinski definition) is 3. The Kier molecular flexibility index (Phi) is 9.97. The fourth-order valence-electron chi connectivity index (χ4n) is 7.13. The van der Waals surface area contributed by atoms with Crippen LogP contribution in [0.1, 0.15) is 82.3 Å². The first-order valence-corrected chi connectivity index (χ1v) is 16.0. The Labute approximate surface area is 246 Å². The van der Waals surface area contributed by atoms with Crippen molar-refractivity contribution in [1.29, 1.82) is 0 Å². The summed E-state index contributed by atoms with van der Waals surface area (Å²) in [5.41, 5.74) is 2.96. The van der Waals surface area contributed by atoms with Crippen LogP contribution in [0.4, 0.5) is 0 Å². The van der Waals surface area contributed by atoms with Crippen LogP contribution in [-0.4, -0.2) is 46.5 Å². The Morgan fingerprint density at radius 2 is 1.61 bits per heavy atom. The maximum atomic E-state index is 14.2. The van der Waals surface area contributed by atoms with Crippen LogP contribution in [0.15, 0.2) is 65.5 Å². The molecule has 2 heterocycles. The van der Waals surface area contributed by atoms with E-state index in [1.807, 2.05) is 31.3 Å². The normalized spacial score (nSPS) is 18.1. The van der Waals surface area contributed by atoms with Crippen molar-refractivity contribution < 1.29 is 4.79 Å². The van der Waals surface area contributed by atoms with Crippen molar-refractivity contribution in [3.8, 4) is 0 Å². The average molecular weight is 556 g/mol.